The molecule has 0 aliphatic rings. The lowest BCUT2D eigenvalue weighted by molar-refractivity contribution is 0.909. The fourth-order valence-electron chi connectivity index (χ4n) is 0.913. The van der Waals surface area contributed by atoms with Crippen molar-refractivity contribution in [1.82, 2.24) is 0 Å². The van der Waals surface area contributed by atoms with Crippen LogP contribution < -0.4 is 5.73 Å². The first-order chi connectivity index (χ1) is 5.59. The van der Waals surface area contributed by atoms with Crippen molar-refractivity contribution in [3.8, 4) is 0 Å². The molecular formula is C8H9Cl2NS. The molecule has 0 aliphatic carbocycles. The van der Waals surface area contributed by atoms with E-state index in [4.69, 9.17) is 28.9 Å². The van der Waals surface area contributed by atoms with E-state index in [-0.39, 0.29) is 5.37 Å². The number of hydrogen-bond donors (Lipinski definition) is 2. The largest absolute Gasteiger partial charge is 0.319 e. The minimum atomic E-state index is -0.177. The highest BCUT2D eigenvalue weighted by atomic mass is 35.5. The zero-order valence-corrected chi connectivity index (χ0v) is 8.70. The molecule has 2 N–H and O–H groups in total. The van der Waals surface area contributed by atoms with E-state index >= 15 is 0 Å². The van der Waals surface area contributed by atoms with Crippen molar-refractivity contribution >= 4 is 35.8 Å². The van der Waals surface area contributed by atoms with E-state index in [1.165, 1.54) is 0 Å². The van der Waals surface area contributed by atoms with Crippen molar-refractivity contribution < 1.29 is 0 Å². The summed E-state index contributed by atoms with van der Waals surface area (Å²) in [5.41, 5.74) is 6.48. The lowest BCUT2D eigenvalue weighted by Crippen LogP contribution is -2.14. The van der Waals surface area contributed by atoms with Crippen LogP contribution in [0.4, 0.5) is 0 Å². The van der Waals surface area contributed by atoms with Gasteiger partial charge in [-0.2, -0.15) is 12.6 Å². The number of nitrogens with two attached hydrogens (primary N) is 1. The summed E-state index contributed by atoms with van der Waals surface area (Å²) in [6.45, 7) is 0. The predicted molar refractivity (Wildman–Crippen MR) is 57.1 cm³/mol. The smallest absolute Gasteiger partial charge is 0.0518 e. The Bertz CT molecular complexity index is 276. The topological polar surface area (TPSA) is 26.0 Å². The summed E-state index contributed by atoms with van der Waals surface area (Å²) in [6.07, 6.45) is 0.652. The van der Waals surface area contributed by atoms with Crippen LogP contribution in [0, 0.1) is 0 Å². The van der Waals surface area contributed by atoms with Gasteiger partial charge in [0.15, 0.2) is 0 Å². The van der Waals surface area contributed by atoms with Crippen LogP contribution in [-0.2, 0) is 6.42 Å². The molecule has 12 heavy (non-hydrogen) atoms. The summed E-state index contributed by atoms with van der Waals surface area (Å²) in [7, 11) is 0. The second-order valence-corrected chi connectivity index (χ2v) is 4.01. The Balaban J connectivity index is 2.86. The fraction of sp³-hybridized carbons (Fsp3) is 0.250. The maximum absolute atomic E-state index is 5.90. The van der Waals surface area contributed by atoms with Gasteiger partial charge in [0, 0.05) is 10.0 Å². The highest BCUT2D eigenvalue weighted by molar-refractivity contribution is 7.80. The normalized spacial score (nSPS) is 13.0. The Kier molecular flexibility index (Phi) is 3.72. The minimum absolute atomic E-state index is 0.177. The van der Waals surface area contributed by atoms with Crippen LogP contribution in [0.3, 0.4) is 0 Å². The van der Waals surface area contributed by atoms with Gasteiger partial charge in [-0.1, -0.05) is 29.3 Å². The lowest BCUT2D eigenvalue weighted by atomic mass is 10.1. The number of rotatable bonds is 2. The molecular weight excluding hydrogens is 213 g/mol. The van der Waals surface area contributed by atoms with Crippen LogP contribution in [0.5, 0.6) is 0 Å². The highest BCUT2D eigenvalue weighted by Gasteiger charge is 2.03. The Morgan fingerprint density at radius 2 is 2.08 bits per heavy atom. The summed E-state index contributed by atoms with van der Waals surface area (Å²) < 4.78 is 0. The van der Waals surface area contributed by atoms with Crippen molar-refractivity contribution in [2.45, 2.75) is 11.8 Å². The lowest BCUT2D eigenvalue weighted by Gasteiger charge is -2.06. The van der Waals surface area contributed by atoms with E-state index in [0.29, 0.717) is 16.5 Å². The second-order valence-electron chi connectivity index (χ2n) is 2.51. The average molecular weight is 222 g/mol. The minimum Gasteiger partial charge on any atom is -0.319 e. The first-order valence-corrected chi connectivity index (χ1v) is 4.74. The van der Waals surface area contributed by atoms with Gasteiger partial charge in [0.1, 0.15) is 0 Å². The molecule has 0 aromatic heterocycles. The SMILES string of the molecule is NC(S)Cc1ccc(Cl)cc1Cl. The zero-order valence-electron chi connectivity index (χ0n) is 6.30. The molecule has 0 aliphatic heterocycles. The summed E-state index contributed by atoms with van der Waals surface area (Å²) in [4.78, 5) is 0. The molecule has 0 radical (unpaired) electrons. The molecule has 0 heterocycles. The van der Waals surface area contributed by atoms with Gasteiger partial charge in [0.25, 0.3) is 0 Å². The monoisotopic (exact) mass is 221 g/mol. The molecule has 66 valence electrons. The molecule has 4 heteroatoms. The van der Waals surface area contributed by atoms with E-state index in [2.05, 4.69) is 12.6 Å². The number of thiol groups is 1. The highest BCUT2D eigenvalue weighted by Crippen LogP contribution is 2.22. The molecule has 1 rings (SSSR count). The van der Waals surface area contributed by atoms with E-state index in [9.17, 15) is 0 Å². The first kappa shape index (κ1) is 10.2. The van der Waals surface area contributed by atoms with Crippen molar-refractivity contribution in [1.29, 1.82) is 0 Å². The van der Waals surface area contributed by atoms with Gasteiger partial charge in [0.2, 0.25) is 0 Å². The van der Waals surface area contributed by atoms with Gasteiger partial charge in [-0.25, -0.2) is 0 Å². The summed E-state index contributed by atoms with van der Waals surface area (Å²) in [5.74, 6) is 0. The van der Waals surface area contributed by atoms with Crippen molar-refractivity contribution in [3.05, 3.63) is 33.8 Å². The van der Waals surface area contributed by atoms with Gasteiger partial charge in [0.05, 0.1) is 5.37 Å². The van der Waals surface area contributed by atoms with Crippen LogP contribution in [0.2, 0.25) is 10.0 Å². The number of hydrogen-bond acceptors (Lipinski definition) is 2. The van der Waals surface area contributed by atoms with Crippen LogP contribution in [0.15, 0.2) is 18.2 Å². The molecule has 1 aromatic rings. The second kappa shape index (κ2) is 4.38. The summed E-state index contributed by atoms with van der Waals surface area (Å²) >= 11 is 15.7. The summed E-state index contributed by atoms with van der Waals surface area (Å²) in [6, 6.07) is 5.36. The quantitative estimate of drug-likeness (QED) is 0.584. The van der Waals surface area contributed by atoms with Crippen LogP contribution in [-0.4, -0.2) is 5.37 Å². The fourth-order valence-corrected chi connectivity index (χ4v) is 1.59. The van der Waals surface area contributed by atoms with Gasteiger partial charge in [-0.05, 0) is 24.1 Å². The van der Waals surface area contributed by atoms with Crippen molar-refractivity contribution in [2.75, 3.05) is 0 Å². The van der Waals surface area contributed by atoms with E-state index in [1.54, 1.807) is 12.1 Å². The first-order valence-electron chi connectivity index (χ1n) is 3.47. The number of halogens is 2. The van der Waals surface area contributed by atoms with Gasteiger partial charge >= 0.3 is 0 Å². The van der Waals surface area contributed by atoms with Crippen LogP contribution in [0.25, 0.3) is 0 Å². The van der Waals surface area contributed by atoms with Crippen LogP contribution >= 0.6 is 35.8 Å². The Hall–Kier alpha value is 0.110. The van der Waals surface area contributed by atoms with Gasteiger partial charge in [-0.15, -0.1) is 0 Å². The van der Waals surface area contributed by atoms with Crippen molar-refractivity contribution in [2.24, 2.45) is 5.73 Å². The van der Waals surface area contributed by atoms with E-state index < -0.39 is 0 Å². The molecule has 1 nitrogen and oxygen atoms in total. The van der Waals surface area contributed by atoms with E-state index in [0.717, 1.165) is 5.56 Å². The molecule has 1 atom stereocenters. The standard InChI is InChI=1S/C8H9Cl2NS/c9-6-2-1-5(3-8(11)12)7(10)4-6/h1-2,4,8,12H,3,11H2. The molecule has 1 aromatic carbocycles. The number of benzene rings is 1. The molecule has 0 bridgehead atoms. The van der Waals surface area contributed by atoms with E-state index in [1.807, 2.05) is 6.07 Å². The Morgan fingerprint density at radius 1 is 1.42 bits per heavy atom. The Morgan fingerprint density at radius 3 is 2.58 bits per heavy atom. The average Bonchev–Trinajstić information content (AvgIpc) is 1.94. The maximum atomic E-state index is 5.90. The molecule has 0 spiro atoms. The van der Waals surface area contributed by atoms with Crippen molar-refractivity contribution in [3.63, 3.8) is 0 Å². The van der Waals surface area contributed by atoms with Crippen LogP contribution in [0.1, 0.15) is 5.56 Å². The zero-order chi connectivity index (χ0) is 9.14. The molecule has 0 saturated heterocycles. The molecule has 1 unspecified atom stereocenters. The molecule has 0 fully saturated rings. The van der Waals surface area contributed by atoms with Gasteiger partial charge in [-0.3, -0.25) is 0 Å². The molecule has 0 saturated carbocycles. The predicted octanol–water partition coefficient (Wildman–Crippen LogP) is 2.75. The molecule has 0 amide bonds. The third-order valence-corrected chi connectivity index (χ3v) is 2.21. The third kappa shape index (κ3) is 2.87. The van der Waals surface area contributed by atoms with Gasteiger partial charge < -0.3 is 5.73 Å². The Labute approximate surface area is 87.3 Å². The summed E-state index contributed by atoms with van der Waals surface area (Å²) in [5, 5.41) is 1.10. The maximum Gasteiger partial charge on any atom is 0.0518 e. The third-order valence-electron chi connectivity index (χ3n) is 1.44.